The molecule has 0 aromatic rings. The van der Waals surface area contributed by atoms with Crippen molar-refractivity contribution in [2.75, 3.05) is 0 Å². The number of allylic oxidation sites excluding steroid dienone is 2. The molecule has 0 nitrogen and oxygen atoms in total. The molecule has 0 aromatic carbocycles. The topological polar surface area (TPSA) is 0 Å². The molecular weight excluding hydrogens is 288 g/mol. The fraction of sp³-hybridized carbons (Fsp3) is 0.917. The van der Waals surface area contributed by atoms with Crippen LogP contribution in [-0.4, -0.2) is 0 Å². The lowest BCUT2D eigenvalue weighted by atomic mass is 9.73. The van der Waals surface area contributed by atoms with Crippen molar-refractivity contribution < 1.29 is 0 Å². The minimum Gasteiger partial charge on any atom is -0.0851 e. The molecule has 0 atom stereocenters. The molecule has 3 fully saturated rings. The molecule has 0 unspecified atom stereocenters. The van der Waals surface area contributed by atoms with Gasteiger partial charge in [-0.25, -0.2) is 0 Å². The third-order valence-corrected chi connectivity index (χ3v) is 7.42. The van der Waals surface area contributed by atoms with Gasteiger partial charge >= 0.3 is 0 Å². The maximum atomic E-state index is 2.54. The van der Waals surface area contributed by atoms with E-state index in [-0.39, 0.29) is 0 Å². The van der Waals surface area contributed by atoms with Gasteiger partial charge in [0, 0.05) is 0 Å². The largest absolute Gasteiger partial charge is 0.0851 e. The van der Waals surface area contributed by atoms with Crippen LogP contribution in [0.15, 0.2) is 11.6 Å². The van der Waals surface area contributed by atoms with Crippen molar-refractivity contribution >= 4 is 0 Å². The molecule has 0 radical (unpaired) electrons. The van der Waals surface area contributed by atoms with Gasteiger partial charge in [-0.3, -0.25) is 0 Å². The minimum atomic E-state index is 0.999. The molecule has 0 amide bonds. The molecule has 0 aliphatic heterocycles. The first-order chi connectivity index (χ1) is 11.9. The van der Waals surface area contributed by atoms with Gasteiger partial charge < -0.3 is 0 Å². The van der Waals surface area contributed by atoms with Crippen LogP contribution in [0.1, 0.15) is 122 Å². The van der Waals surface area contributed by atoms with E-state index in [4.69, 9.17) is 0 Å². The Labute approximate surface area is 151 Å². The molecule has 4 aliphatic rings. The third-order valence-electron chi connectivity index (χ3n) is 7.42. The van der Waals surface area contributed by atoms with Crippen molar-refractivity contribution in [2.45, 2.75) is 122 Å². The summed E-state index contributed by atoms with van der Waals surface area (Å²) in [6.07, 6.45) is 31.1. The second-order valence-electron chi connectivity index (χ2n) is 9.16. The first-order valence-electron chi connectivity index (χ1n) is 11.6. The van der Waals surface area contributed by atoms with E-state index in [9.17, 15) is 0 Å². The molecule has 0 saturated heterocycles. The van der Waals surface area contributed by atoms with Crippen molar-refractivity contribution in [3.05, 3.63) is 11.6 Å². The third kappa shape index (κ3) is 5.92. The van der Waals surface area contributed by atoms with E-state index in [1.54, 1.807) is 25.7 Å². The summed E-state index contributed by atoms with van der Waals surface area (Å²) in [7, 11) is 0. The second-order valence-corrected chi connectivity index (χ2v) is 9.16. The van der Waals surface area contributed by atoms with E-state index in [0.717, 1.165) is 17.8 Å². The highest BCUT2D eigenvalue weighted by Gasteiger charge is 2.24. The molecule has 0 bridgehead atoms. The predicted molar refractivity (Wildman–Crippen MR) is 106 cm³/mol. The molecule has 4 rings (SSSR count). The van der Waals surface area contributed by atoms with Gasteiger partial charge in [0.05, 0.1) is 0 Å². The fourth-order valence-electron chi connectivity index (χ4n) is 5.92. The summed E-state index contributed by atoms with van der Waals surface area (Å²) in [5.41, 5.74) is 1.82. The monoisotopic (exact) mass is 330 g/mol. The first-order valence-corrected chi connectivity index (χ1v) is 11.6. The standard InChI is InChI=1S/C12H22.C12H20/c2*1-3-7-11(8-4-1)12-9-5-2-6-10-12/h11-12H,1-10H2;7,12H,1-6,8-10H2. The van der Waals surface area contributed by atoms with Crippen LogP contribution in [0.3, 0.4) is 0 Å². The quantitative estimate of drug-likeness (QED) is 0.447. The van der Waals surface area contributed by atoms with Gasteiger partial charge in [-0.1, -0.05) is 95.1 Å². The smallest absolute Gasteiger partial charge is 0.0203 e. The molecule has 24 heavy (non-hydrogen) atoms. The lowest BCUT2D eigenvalue weighted by Crippen LogP contribution is -2.20. The Morgan fingerprint density at radius 2 is 1.00 bits per heavy atom. The van der Waals surface area contributed by atoms with Crippen molar-refractivity contribution in [2.24, 2.45) is 17.8 Å². The predicted octanol–water partition coefficient (Wildman–Crippen LogP) is 8.21. The van der Waals surface area contributed by atoms with Gasteiger partial charge in [0.2, 0.25) is 0 Å². The Balaban J connectivity index is 0.000000141. The SMILES string of the molecule is C1=C(C2CCCCC2)CCCC1.C1CCC(C2CCCCC2)CC1. The zero-order valence-electron chi connectivity index (χ0n) is 16.2. The first kappa shape index (κ1) is 18.5. The molecule has 0 heterocycles. The van der Waals surface area contributed by atoms with Gasteiger partial charge in [-0.05, 0) is 56.3 Å². The summed E-state index contributed by atoms with van der Waals surface area (Å²) in [6, 6.07) is 0. The van der Waals surface area contributed by atoms with Crippen molar-refractivity contribution in [3.63, 3.8) is 0 Å². The van der Waals surface area contributed by atoms with Gasteiger partial charge in [-0.2, -0.15) is 0 Å². The average molecular weight is 331 g/mol. The fourth-order valence-corrected chi connectivity index (χ4v) is 5.92. The number of hydrogen-bond acceptors (Lipinski definition) is 0. The number of rotatable bonds is 2. The van der Waals surface area contributed by atoms with Gasteiger partial charge in [0.1, 0.15) is 0 Å². The van der Waals surface area contributed by atoms with Crippen molar-refractivity contribution in [1.29, 1.82) is 0 Å². The highest BCUT2D eigenvalue weighted by atomic mass is 14.3. The molecule has 0 N–H and O–H groups in total. The molecule has 4 aliphatic carbocycles. The van der Waals surface area contributed by atoms with Crippen LogP contribution in [0.5, 0.6) is 0 Å². The molecule has 138 valence electrons. The zero-order valence-corrected chi connectivity index (χ0v) is 16.2. The Kier molecular flexibility index (Phi) is 8.24. The van der Waals surface area contributed by atoms with E-state index >= 15 is 0 Å². The normalized spacial score (nSPS) is 27.9. The van der Waals surface area contributed by atoms with E-state index in [1.807, 2.05) is 5.57 Å². The highest BCUT2D eigenvalue weighted by molar-refractivity contribution is 5.09. The Bertz CT molecular complexity index is 332. The summed E-state index contributed by atoms with van der Waals surface area (Å²) in [5.74, 6) is 3.28. The summed E-state index contributed by atoms with van der Waals surface area (Å²) < 4.78 is 0. The van der Waals surface area contributed by atoms with E-state index in [1.165, 1.54) is 96.3 Å². The summed E-state index contributed by atoms with van der Waals surface area (Å²) in [5, 5.41) is 0. The van der Waals surface area contributed by atoms with Crippen LogP contribution in [0.25, 0.3) is 0 Å². The summed E-state index contributed by atoms with van der Waals surface area (Å²) in [4.78, 5) is 0. The second kappa shape index (κ2) is 10.7. The Morgan fingerprint density at radius 3 is 1.46 bits per heavy atom. The van der Waals surface area contributed by atoms with Crippen LogP contribution in [0, 0.1) is 17.8 Å². The number of hydrogen-bond donors (Lipinski definition) is 0. The van der Waals surface area contributed by atoms with E-state index in [2.05, 4.69) is 6.08 Å². The maximum Gasteiger partial charge on any atom is -0.0203 e. The highest BCUT2D eigenvalue weighted by Crippen LogP contribution is 2.38. The van der Waals surface area contributed by atoms with E-state index in [0.29, 0.717) is 0 Å². The van der Waals surface area contributed by atoms with Crippen LogP contribution in [-0.2, 0) is 0 Å². The molecule has 0 spiro atoms. The average Bonchev–Trinajstić information content (AvgIpc) is 2.71. The van der Waals surface area contributed by atoms with Crippen molar-refractivity contribution in [3.8, 4) is 0 Å². The molecule has 0 aromatic heterocycles. The summed E-state index contributed by atoms with van der Waals surface area (Å²) in [6.45, 7) is 0. The van der Waals surface area contributed by atoms with Gasteiger partial charge in [0.15, 0.2) is 0 Å². The van der Waals surface area contributed by atoms with E-state index < -0.39 is 0 Å². The molecular formula is C24H42. The van der Waals surface area contributed by atoms with Crippen molar-refractivity contribution in [1.82, 2.24) is 0 Å². The van der Waals surface area contributed by atoms with Crippen LogP contribution < -0.4 is 0 Å². The maximum absolute atomic E-state index is 2.54. The van der Waals surface area contributed by atoms with Crippen LogP contribution >= 0.6 is 0 Å². The van der Waals surface area contributed by atoms with Gasteiger partial charge in [0.25, 0.3) is 0 Å². The summed E-state index contributed by atoms with van der Waals surface area (Å²) >= 11 is 0. The molecule has 3 saturated carbocycles. The van der Waals surface area contributed by atoms with Crippen LogP contribution in [0.2, 0.25) is 0 Å². The zero-order chi connectivity index (χ0) is 16.5. The van der Waals surface area contributed by atoms with Crippen LogP contribution in [0.4, 0.5) is 0 Å². The lowest BCUT2D eigenvalue weighted by molar-refractivity contribution is 0.196. The van der Waals surface area contributed by atoms with Gasteiger partial charge in [-0.15, -0.1) is 0 Å². The lowest BCUT2D eigenvalue weighted by Gasteiger charge is -2.32. The minimum absolute atomic E-state index is 0.999. The Morgan fingerprint density at radius 1 is 0.500 bits per heavy atom. The molecule has 0 heteroatoms. The Hall–Kier alpha value is -0.260.